The number of anilines is 1. The lowest BCUT2D eigenvalue weighted by atomic mass is 9.76. The highest BCUT2D eigenvalue weighted by Gasteiger charge is 2.46. The summed E-state index contributed by atoms with van der Waals surface area (Å²) in [6.45, 7) is 0.591. The monoisotopic (exact) mass is 419 g/mol. The zero-order valence-corrected chi connectivity index (χ0v) is 16.4. The van der Waals surface area contributed by atoms with Gasteiger partial charge in [0.15, 0.2) is 0 Å². The first-order valence-electron chi connectivity index (χ1n) is 10.1. The summed E-state index contributed by atoms with van der Waals surface area (Å²) in [5.41, 5.74) is -0.920. The van der Waals surface area contributed by atoms with Crippen molar-refractivity contribution in [2.45, 2.75) is 43.5 Å². The van der Waals surface area contributed by atoms with E-state index in [1.165, 1.54) is 6.07 Å². The molecule has 0 spiro atoms. The lowest BCUT2D eigenvalue weighted by Crippen LogP contribution is -2.63. The lowest BCUT2D eigenvalue weighted by molar-refractivity contribution is -0.137. The molecule has 4 rings (SSSR count). The van der Waals surface area contributed by atoms with E-state index >= 15 is 0 Å². The molecule has 30 heavy (non-hydrogen) atoms. The highest BCUT2D eigenvalue weighted by atomic mass is 19.4. The van der Waals surface area contributed by atoms with Crippen LogP contribution in [0.25, 0.3) is 0 Å². The third kappa shape index (κ3) is 3.88. The number of hydrogen-bond acceptors (Lipinski definition) is 4. The Kier molecular flexibility index (Phi) is 5.44. The van der Waals surface area contributed by atoms with Gasteiger partial charge in [-0.25, -0.2) is 4.98 Å². The number of nitrogens with zero attached hydrogens (tertiary/aromatic N) is 2. The van der Waals surface area contributed by atoms with Crippen LogP contribution in [0.5, 0.6) is 0 Å². The molecule has 1 aliphatic heterocycles. The normalized spacial score (nSPS) is 24.9. The van der Waals surface area contributed by atoms with Gasteiger partial charge >= 0.3 is 6.18 Å². The molecule has 1 aromatic carbocycles. The molecule has 2 fully saturated rings. The summed E-state index contributed by atoms with van der Waals surface area (Å²) in [7, 11) is 0. The molecule has 2 aromatic rings. The van der Waals surface area contributed by atoms with Crippen molar-refractivity contribution in [3.8, 4) is 0 Å². The van der Waals surface area contributed by atoms with Crippen molar-refractivity contribution >= 4 is 11.7 Å². The topological polar surface area (TPSA) is 65.5 Å². The van der Waals surface area contributed by atoms with Crippen LogP contribution in [0.3, 0.4) is 0 Å². The zero-order valence-electron chi connectivity index (χ0n) is 16.4. The van der Waals surface area contributed by atoms with Gasteiger partial charge in [-0.1, -0.05) is 36.8 Å². The molecule has 1 aliphatic carbocycles. The SMILES string of the molecule is O=C(N[C@@]1(c2ccccc2)CCN(c2ccc(C(F)(F)F)cn2)C[C@H]1O)C1CCC1. The van der Waals surface area contributed by atoms with Gasteiger partial charge in [-0.3, -0.25) is 4.79 Å². The van der Waals surface area contributed by atoms with Crippen molar-refractivity contribution in [3.05, 3.63) is 59.8 Å². The molecule has 2 atom stereocenters. The van der Waals surface area contributed by atoms with Crippen LogP contribution in [0.1, 0.15) is 36.8 Å². The number of benzene rings is 1. The largest absolute Gasteiger partial charge is 0.417 e. The van der Waals surface area contributed by atoms with Crippen LogP contribution in [0, 0.1) is 5.92 Å². The number of halogens is 3. The summed E-state index contributed by atoms with van der Waals surface area (Å²) in [5.74, 6) is 0.298. The Morgan fingerprint density at radius 3 is 2.43 bits per heavy atom. The fourth-order valence-corrected chi connectivity index (χ4v) is 4.17. The van der Waals surface area contributed by atoms with Crippen molar-refractivity contribution < 1.29 is 23.1 Å². The van der Waals surface area contributed by atoms with E-state index in [2.05, 4.69) is 10.3 Å². The molecule has 2 N–H and O–H groups in total. The van der Waals surface area contributed by atoms with E-state index in [1.54, 1.807) is 4.90 Å². The highest BCUT2D eigenvalue weighted by Crippen LogP contribution is 2.37. The Bertz CT molecular complexity index is 885. The van der Waals surface area contributed by atoms with Crippen LogP contribution in [0.15, 0.2) is 48.7 Å². The Morgan fingerprint density at radius 1 is 1.17 bits per heavy atom. The maximum Gasteiger partial charge on any atom is 0.417 e. The van der Waals surface area contributed by atoms with Gasteiger partial charge in [-0.05, 0) is 37.0 Å². The summed E-state index contributed by atoms with van der Waals surface area (Å²) < 4.78 is 38.4. The van der Waals surface area contributed by atoms with E-state index in [-0.39, 0.29) is 18.4 Å². The maximum atomic E-state index is 12.8. The van der Waals surface area contributed by atoms with Gasteiger partial charge in [0.2, 0.25) is 5.91 Å². The van der Waals surface area contributed by atoms with Crippen LogP contribution >= 0.6 is 0 Å². The Morgan fingerprint density at radius 2 is 1.90 bits per heavy atom. The minimum absolute atomic E-state index is 0.0209. The highest BCUT2D eigenvalue weighted by molar-refractivity contribution is 5.80. The third-order valence-corrected chi connectivity index (χ3v) is 6.25. The summed E-state index contributed by atoms with van der Waals surface area (Å²) in [4.78, 5) is 18.4. The standard InChI is InChI=1S/C22H24F3N3O2/c23-22(24,25)17-9-10-19(26-13-17)28-12-11-21(18(29)14-28,16-7-2-1-3-8-16)27-20(30)15-5-4-6-15/h1-3,7-10,13,15,18,29H,4-6,11-12,14H2,(H,27,30)/t18-,21-/m1/s1. The predicted molar refractivity (Wildman–Crippen MR) is 106 cm³/mol. The number of carbonyl (C=O) groups is 1. The number of carbonyl (C=O) groups excluding carboxylic acids is 1. The van der Waals surface area contributed by atoms with E-state index < -0.39 is 23.4 Å². The number of rotatable bonds is 4. The fourth-order valence-electron chi connectivity index (χ4n) is 4.17. The predicted octanol–water partition coefficient (Wildman–Crippen LogP) is 3.48. The summed E-state index contributed by atoms with van der Waals surface area (Å²) >= 11 is 0. The average Bonchev–Trinajstić information content (AvgIpc) is 2.68. The number of aliphatic hydroxyl groups is 1. The van der Waals surface area contributed by atoms with E-state index in [4.69, 9.17) is 0 Å². The van der Waals surface area contributed by atoms with Gasteiger partial charge in [0, 0.05) is 25.2 Å². The number of aromatic nitrogens is 1. The van der Waals surface area contributed by atoms with Crippen LogP contribution in [0.2, 0.25) is 0 Å². The molecule has 5 nitrogen and oxygen atoms in total. The van der Waals surface area contributed by atoms with E-state index in [0.717, 1.165) is 37.1 Å². The number of aliphatic hydroxyl groups excluding tert-OH is 1. The second kappa shape index (κ2) is 7.91. The van der Waals surface area contributed by atoms with E-state index in [1.807, 2.05) is 30.3 Å². The number of hydrogen-bond donors (Lipinski definition) is 2. The maximum absolute atomic E-state index is 12.8. The van der Waals surface area contributed by atoms with Crippen molar-refractivity contribution in [2.24, 2.45) is 5.92 Å². The minimum atomic E-state index is -4.44. The molecule has 0 unspecified atom stereocenters. The molecular formula is C22H24F3N3O2. The Labute approximate surface area is 172 Å². The van der Waals surface area contributed by atoms with Crippen LogP contribution in [-0.2, 0) is 16.5 Å². The summed E-state index contributed by atoms with van der Waals surface area (Å²) in [6, 6.07) is 11.7. The van der Waals surface area contributed by atoms with Crippen LogP contribution < -0.4 is 10.2 Å². The number of β-amino-alcohol motifs (C(OH)–C–C–N with tert-alkyl or cyclic N) is 1. The summed E-state index contributed by atoms with van der Waals surface area (Å²) in [5, 5.41) is 14.3. The quantitative estimate of drug-likeness (QED) is 0.797. The first-order valence-corrected chi connectivity index (χ1v) is 10.1. The molecular weight excluding hydrogens is 395 g/mol. The number of nitrogens with one attached hydrogen (secondary N) is 1. The molecule has 2 aliphatic rings. The van der Waals surface area contributed by atoms with Crippen molar-refractivity contribution in [2.75, 3.05) is 18.0 Å². The molecule has 1 aromatic heterocycles. The van der Waals surface area contributed by atoms with Gasteiger partial charge < -0.3 is 15.3 Å². The molecule has 1 saturated carbocycles. The molecule has 1 saturated heterocycles. The summed E-state index contributed by atoms with van der Waals surface area (Å²) in [6.07, 6.45) is -1.42. The molecule has 0 bridgehead atoms. The van der Waals surface area contributed by atoms with Crippen LogP contribution in [0.4, 0.5) is 19.0 Å². The zero-order chi connectivity index (χ0) is 21.4. The van der Waals surface area contributed by atoms with E-state index in [0.29, 0.717) is 18.8 Å². The van der Waals surface area contributed by atoms with Gasteiger partial charge in [0.05, 0.1) is 17.2 Å². The number of amides is 1. The Balaban J connectivity index is 1.56. The lowest BCUT2D eigenvalue weighted by Gasteiger charge is -2.47. The van der Waals surface area contributed by atoms with Gasteiger partial charge in [-0.15, -0.1) is 0 Å². The van der Waals surface area contributed by atoms with Gasteiger partial charge in [0.25, 0.3) is 0 Å². The number of piperidine rings is 1. The number of pyridine rings is 1. The number of alkyl halides is 3. The van der Waals surface area contributed by atoms with Crippen molar-refractivity contribution in [3.63, 3.8) is 0 Å². The van der Waals surface area contributed by atoms with Crippen molar-refractivity contribution in [1.82, 2.24) is 10.3 Å². The first-order chi connectivity index (χ1) is 14.3. The van der Waals surface area contributed by atoms with Gasteiger partial charge in [0.1, 0.15) is 5.82 Å². The molecule has 0 radical (unpaired) electrons. The third-order valence-electron chi connectivity index (χ3n) is 6.25. The Hall–Kier alpha value is -2.61. The fraction of sp³-hybridized carbons (Fsp3) is 0.455. The molecule has 8 heteroatoms. The smallest absolute Gasteiger partial charge is 0.388 e. The molecule has 160 valence electrons. The van der Waals surface area contributed by atoms with Crippen molar-refractivity contribution in [1.29, 1.82) is 0 Å². The van der Waals surface area contributed by atoms with Crippen LogP contribution in [-0.4, -0.2) is 35.2 Å². The van der Waals surface area contributed by atoms with Gasteiger partial charge in [-0.2, -0.15) is 13.2 Å². The molecule has 2 heterocycles. The minimum Gasteiger partial charge on any atom is -0.388 e. The average molecular weight is 419 g/mol. The second-order valence-electron chi connectivity index (χ2n) is 8.07. The molecule has 1 amide bonds. The van der Waals surface area contributed by atoms with E-state index in [9.17, 15) is 23.1 Å². The second-order valence-corrected chi connectivity index (χ2v) is 8.07. The first kappa shape index (κ1) is 20.7.